The SMILES string of the molecule is COC(=O)c1cc([C@@H]2CCCC2(C)C)c(-c2cc(OC)ccc2F)cc1F.COC(=O)c1cc([C@H]2CCCC2(C)C)c(-c2cc(OC)ccc2F)cc1F.COc1ccc(F)c(-c2cc(F)c(CO)cc2[C@@H]2CCCC2(C)C)c1.COc1ccc(F)c(-c2cc(F)c(CO)cc2[C@H]2CCCC2(C)C)c1. The average molecular weight is 1440 g/mol. The van der Waals surface area contributed by atoms with Gasteiger partial charge in [0.05, 0.1) is 67.0 Å². The van der Waals surface area contributed by atoms with Crippen LogP contribution >= 0.6 is 0 Å². The molecule has 0 amide bonds. The van der Waals surface area contributed by atoms with Crippen molar-refractivity contribution in [3.05, 3.63) is 212 Å². The minimum Gasteiger partial charge on any atom is -0.497 e. The number of hydrogen-bond donors (Lipinski definition) is 2. The zero-order valence-electron chi connectivity index (χ0n) is 61.9. The molecule has 0 spiro atoms. The number of carbonyl (C=O) groups is 2. The van der Waals surface area contributed by atoms with Gasteiger partial charge >= 0.3 is 11.9 Å². The number of aliphatic hydroxyl groups excluding tert-OH is 2. The maximum Gasteiger partial charge on any atom is 0.340 e. The number of esters is 2. The molecule has 12 rings (SSSR count). The Hall–Kier alpha value is -8.74. The van der Waals surface area contributed by atoms with Crippen molar-refractivity contribution in [1.29, 1.82) is 0 Å². The van der Waals surface area contributed by atoms with E-state index in [9.17, 15) is 54.9 Å². The first kappa shape index (κ1) is 79.4. The van der Waals surface area contributed by atoms with Crippen molar-refractivity contribution in [1.82, 2.24) is 0 Å². The lowest BCUT2D eigenvalue weighted by Gasteiger charge is -2.30. The van der Waals surface area contributed by atoms with Crippen LogP contribution in [-0.4, -0.2) is 64.8 Å². The van der Waals surface area contributed by atoms with E-state index in [1.165, 1.54) is 115 Å². The summed E-state index contributed by atoms with van der Waals surface area (Å²) >= 11 is 0. The molecule has 4 aliphatic carbocycles. The zero-order valence-corrected chi connectivity index (χ0v) is 61.9. The van der Waals surface area contributed by atoms with E-state index in [1.54, 1.807) is 48.5 Å². The largest absolute Gasteiger partial charge is 0.497 e. The standard InChI is InChI=1S/2C22H24F2O3.2C21H24F2O2/c2*1-22(2)9-5-6-18(22)15-11-17(21(25)27-4)20(24)12-14(15)16-10-13(26-3)7-8-19(16)23;2*1-21(2)8-4-5-18(21)16-9-13(12-24)20(23)11-15(16)17-10-14(25-3)6-7-19(17)22/h2*7-8,10-12,18H,5-6,9H2,1-4H3;2*6-7,9-11,18,24H,4-5,8,12H2,1-3H3/t4*18-/m1010/s1. The second-order valence-electron chi connectivity index (χ2n) is 30.3. The Kier molecular flexibility index (Phi) is 25.3. The van der Waals surface area contributed by atoms with Crippen LogP contribution in [0.1, 0.15) is 210 Å². The fraction of sp³-hybridized carbons (Fsp3) is 0.419. The number of hydrogen-bond acceptors (Lipinski definition) is 10. The summed E-state index contributed by atoms with van der Waals surface area (Å²) in [7, 11) is 8.48. The average Bonchev–Trinajstić information content (AvgIpc) is 1.50. The minimum atomic E-state index is -0.734. The third kappa shape index (κ3) is 17.1. The van der Waals surface area contributed by atoms with E-state index in [-0.39, 0.29) is 91.9 Å². The summed E-state index contributed by atoms with van der Waals surface area (Å²) in [4.78, 5) is 24.0. The van der Waals surface area contributed by atoms with Gasteiger partial charge < -0.3 is 38.6 Å². The molecule has 18 heteroatoms. The number of carbonyl (C=O) groups excluding carboxylic acids is 2. The van der Waals surface area contributed by atoms with E-state index in [0.717, 1.165) is 99.3 Å². The molecular weight excluding hydrogens is 1340 g/mol. The lowest BCUT2D eigenvalue weighted by Crippen LogP contribution is -2.18. The first-order valence-electron chi connectivity index (χ1n) is 35.4. The second kappa shape index (κ2) is 33.1. The first-order valence-corrected chi connectivity index (χ1v) is 35.4. The minimum absolute atomic E-state index is 0.0324. The lowest BCUT2D eigenvalue weighted by atomic mass is 9.75. The molecule has 104 heavy (non-hydrogen) atoms. The van der Waals surface area contributed by atoms with Crippen LogP contribution in [0.25, 0.3) is 44.5 Å². The second-order valence-corrected chi connectivity index (χ2v) is 30.3. The van der Waals surface area contributed by atoms with Gasteiger partial charge in [-0.1, -0.05) is 81.1 Å². The monoisotopic (exact) mass is 1440 g/mol. The van der Waals surface area contributed by atoms with Crippen molar-refractivity contribution in [3.63, 3.8) is 0 Å². The fourth-order valence-corrected chi connectivity index (χ4v) is 16.3. The summed E-state index contributed by atoms with van der Waals surface area (Å²) < 4.78 is 147. The van der Waals surface area contributed by atoms with Crippen LogP contribution in [0.2, 0.25) is 0 Å². The summed E-state index contributed by atoms with van der Waals surface area (Å²) in [5.41, 5.74) is 6.85. The molecule has 0 heterocycles. The number of aliphatic hydroxyl groups is 2. The van der Waals surface area contributed by atoms with E-state index in [2.05, 4.69) is 55.4 Å². The number of methoxy groups -OCH3 is 6. The Labute approximate surface area is 606 Å². The van der Waals surface area contributed by atoms with Crippen molar-refractivity contribution < 1.29 is 83.3 Å². The summed E-state index contributed by atoms with van der Waals surface area (Å²) in [6, 6.07) is 29.5. The van der Waals surface area contributed by atoms with Gasteiger partial charge in [0.15, 0.2) is 0 Å². The molecular formula is C86H96F8O10. The molecule has 4 fully saturated rings. The molecule has 0 aromatic heterocycles. The van der Waals surface area contributed by atoms with Crippen molar-refractivity contribution in [2.45, 2.75) is 169 Å². The summed E-state index contributed by atoms with van der Waals surface area (Å²) in [6.07, 6.45) is 12.2. The Morgan fingerprint density at radius 2 is 0.558 bits per heavy atom. The Balaban J connectivity index is 0.000000161. The highest BCUT2D eigenvalue weighted by Gasteiger charge is 2.42. The number of rotatable bonds is 16. The molecule has 0 bridgehead atoms. The predicted molar refractivity (Wildman–Crippen MR) is 389 cm³/mol. The van der Waals surface area contributed by atoms with Gasteiger partial charge in [0, 0.05) is 33.4 Å². The quantitative estimate of drug-likeness (QED) is 0.0712. The van der Waals surface area contributed by atoms with E-state index < -0.39 is 58.5 Å². The van der Waals surface area contributed by atoms with Gasteiger partial charge in [-0.25, -0.2) is 44.7 Å². The molecule has 0 unspecified atom stereocenters. The third-order valence-electron chi connectivity index (χ3n) is 22.3. The molecule has 0 saturated heterocycles. The Morgan fingerprint density at radius 1 is 0.327 bits per heavy atom. The van der Waals surface area contributed by atoms with E-state index in [1.807, 2.05) is 0 Å². The van der Waals surface area contributed by atoms with Gasteiger partial charge in [-0.3, -0.25) is 0 Å². The summed E-state index contributed by atoms with van der Waals surface area (Å²) in [5, 5.41) is 19.0. The van der Waals surface area contributed by atoms with E-state index >= 15 is 0 Å². The van der Waals surface area contributed by atoms with E-state index in [0.29, 0.717) is 56.4 Å². The van der Waals surface area contributed by atoms with Gasteiger partial charge in [0.1, 0.15) is 69.5 Å². The predicted octanol–water partition coefficient (Wildman–Crippen LogP) is 22.3. The van der Waals surface area contributed by atoms with Crippen LogP contribution < -0.4 is 18.9 Å². The summed E-state index contributed by atoms with van der Waals surface area (Å²) in [5.74, 6) is -3.10. The maximum atomic E-state index is 14.7. The van der Waals surface area contributed by atoms with E-state index in [4.69, 9.17) is 28.4 Å². The summed E-state index contributed by atoms with van der Waals surface area (Å²) in [6.45, 7) is 16.6. The number of halogens is 8. The topological polar surface area (TPSA) is 130 Å². The van der Waals surface area contributed by atoms with Gasteiger partial charge in [-0.05, 0) is 263 Å². The van der Waals surface area contributed by atoms with Crippen molar-refractivity contribution in [2.24, 2.45) is 21.7 Å². The van der Waals surface area contributed by atoms with Gasteiger partial charge in [-0.2, -0.15) is 0 Å². The number of benzene rings is 8. The van der Waals surface area contributed by atoms with Crippen molar-refractivity contribution >= 4 is 11.9 Å². The fourth-order valence-electron chi connectivity index (χ4n) is 16.3. The first-order chi connectivity index (χ1) is 49.3. The highest BCUT2D eigenvalue weighted by atomic mass is 19.2. The molecule has 10 nitrogen and oxygen atoms in total. The highest BCUT2D eigenvalue weighted by molar-refractivity contribution is 5.92. The molecule has 0 radical (unpaired) electrons. The molecule has 8 aromatic carbocycles. The van der Waals surface area contributed by atoms with Gasteiger partial charge in [0.2, 0.25) is 0 Å². The van der Waals surface area contributed by atoms with Crippen LogP contribution in [0.4, 0.5) is 35.1 Å². The third-order valence-corrected chi connectivity index (χ3v) is 22.3. The molecule has 0 aliphatic heterocycles. The molecule has 2 N–H and O–H groups in total. The smallest absolute Gasteiger partial charge is 0.340 e. The molecule has 4 atom stereocenters. The van der Waals surface area contributed by atoms with Crippen LogP contribution in [0.15, 0.2) is 121 Å². The molecule has 4 aliphatic rings. The van der Waals surface area contributed by atoms with Crippen LogP contribution in [0.3, 0.4) is 0 Å². The molecule has 556 valence electrons. The zero-order chi connectivity index (χ0) is 75.9. The molecule has 4 saturated carbocycles. The Morgan fingerprint density at radius 3 is 0.760 bits per heavy atom. The van der Waals surface area contributed by atoms with Crippen LogP contribution in [-0.2, 0) is 22.7 Å². The molecule has 8 aromatic rings. The maximum absolute atomic E-state index is 14.7. The van der Waals surface area contributed by atoms with Gasteiger partial charge in [0.25, 0.3) is 0 Å². The highest BCUT2D eigenvalue weighted by Crippen LogP contribution is 2.56. The van der Waals surface area contributed by atoms with Crippen LogP contribution in [0.5, 0.6) is 23.0 Å². The number of ether oxygens (including phenoxy) is 6. The van der Waals surface area contributed by atoms with Crippen molar-refractivity contribution in [3.8, 4) is 67.5 Å². The normalized spacial score (nSPS) is 18.8. The van der Waals surface area contributed by atoms with Gasteiger partial charge in [-0.15, -0.1) is 0 Å². The van der Waals surface area contributed by atoms with Crippen molar-refractivity contribution in [2.75, 3.05) is 42.7 Å². The van der Waals surface area contributed by atoms with Crippen LogP contribution in [0, 0.1) is 68.2 Å². The lowest BCUT2D eigenvalue weighted by molar-refractivity contribution is 0.0586. The Bertz CT molecular complexity index is 4150.